The summed E-state index contributed by atoms with van der Waals surface area (Å²) >= 11 is 0. The predicted octanol–water partition coefficient (Wildman–Crippen LogP) is 2.30. The number of hydrogen-bond acceptors (Lipinski definition) is 4. The van der Waals surface area contributed by atoms with Crippen molar-refractivity contribution in [3.05, 3.63) is 24.3 Å². The van der Waals surface area contributed by atoms with Gasteiger partial charge in [0.05, 0.1) is 17.4 Å². The van der Waals surface area contributed by atoms with Crippen LogP contribution in [0.25, 0.3) is 0 Å². The highest BCUT2D eigenvalue weighted by molar-refractivity contribution is 7.91. The Morgan fingerprint density at radius 3 is 2.55 bits per heavy atom. The first-order valence-corrected chi connectivity index (χ1v) is 9.56. The second kappa shape index (κ2) is 7.13. The largest absolute Gasteiger partial charge is 0.375 e. The minimum atomic E-state index is -3.03. The summed E-state index contributed by atoms with van der Waals surface area (Å²) in [5.41, 5.74) is 1.82. The Labute approximate surface area is 132 Å². The van der Waals surface area contributed by atoms with E-state index in [2.05, 4.69) is 17.1 Å². The van der Waals surface area contributed by atoms with E-state index in [1.807, 2.05) is 31.3 Å². The Bertz CT molecular complexity index is 611. The van der Waals surface area contributed by atoms with Gasteiger partial charge in [0, 0.05) is 25.0 Å². The second-order valence-corrected chi connectivity index (χ2v) is 8.14. The van der Waals surface area contributed by atoms with Gasteiger partial charge in [0.25, 0.3) is 0 Å². The van der Waals surface area contributed by atoms with E-state index in [4.69, 9.17) is 0 Å². The molecule has 0 saturated carbocycles. The van der Waals surface area contributed by atoms with Crippen LogP contribution in [0.5, 0.6) is 0 Å². The number of benzene rings is 1. The van der Waals surface area contributed by atoms with Gasteiger partial charge in [-0.15, -0.1) is 0 Å². The molecule has 1 heterocycles. The fraction of sp³-hybridized carbons (Fsp3) is 0.562. The smallest absolute Gasteiger partial charge is 0.228 e. The molecule has 2 rings (SSSR count). The van der Waals surface area contributed by atoms with Crippen LogP contribution in [0.4, 0.5) is 11.4 Å². The monoisotopic (exact) mass is 324 g/mol. The lowest BCUT2D eigenvalue weighted by Crippen LogP contribution is -2.23. The van der Waals surface area contributed by atoms with Gasteiger partial charge in [-0.3, -0.25) is 4.79 Å². The lowest BCUT2D eigenvalue weighted by molar-refractivity contribution is -0.119. The summed E-state index contributed by atoms with van der Waals surface area (Å²) in [5.74, 6) is -0.534. The number of nitrogens with zero attached hydrogens (tertiary/aromatic N) is 1. The van der Waals surface area contributed by atoms with Gasteiger partial charge in [-0.1, -0.05) is 13.3 Å². The lowest BCUT2D eigenvalue weighted by atomic mass is 10.1. The van der Waals surface area contributed by atoms with Crippen molar-refractivity contribution in [3.63, 3.8) is 0 Å². The number of unbranched alkanes of at least 4 members (excludes halogenated alkanes) is 1. The number of amides is 1. The summed E-state index contributed by atoms with van der Waals surface area (Å²) in [6.45, 7) is 3.16. The molecule has 1 aliphatic rings. The molecule has 22 heavy (non-hydrogen) atoms. The average molecular weight is 324 g/mol. The molecule has 0 unspecified atom stereocenters. The van der Waals surface area contributed by atoms with Crippen LogP contribution in [0.1, 0.15) is 26.2 Å². The Hall–Kier alpha value is -1.56. The van der Waals surface area contributed by atoms with Crippen molar-refractivity contribution in [2.45, 2.75) is 26.2 Å². The quantitative estimate of drug-likeness (QED) is 0.872. The first-order chi connectivity index (χ1) is 10.4. The van der Waals surface area contributed by atoms with E-state index in [0.717, 1.165) is 25.1 Å². The van der Waals surface area contributed by atoms with Crippen LogP contribution in [0.3, 0.4) is 0 Å². The summed E-state index contributed by atoms with van der Waals surface area (Å²) in [6.07, 6.45) is 2.72. The lowest BCUT2D eigenvalue weighted by Gasteiger charge is -2.19. The van der Waals surface area contributed by atoms with Crippen molar-refractivity contribution in [3.8, 4) is 0 Å². The minimum absolute atomic E-state index is 0.0311. The van der Waals surface area contributed by atoms with Crippen LogP contribution >= 0.6 is 0 Å². The molecule has 1 atom stereocenters. The first-order valence-electron chi connectivity index (χ1n) is 7.74. The number of carbonyl (C=O) groups excluding carboxylic acids is 1. The van der Waals surface area contributed by atoms with E-state index in [1.54, 1.807) is 0 Å². The Balaban J connectivity index is 1.92. The number of anilines is 2. The third-order valence-electron chi connectivity index (χ3n) is 4.03. The highest BCUT2D eigenvalue weighted by atomic mass is 32.2. The zero-order valence-corrected chi connectivity index (χ0v) is 14.0. The Kier molecular flexibility index (Phi) is 5.45. The van der Waals surface area contributed by atoms with Crippen molar-refractivity contribution < 1.29 is 13.2 Å². The van der Waals surface area contributed by atoms with Gasteiger partial charge in [-0.25, -0.2) is 8.42 Å². The van der Waals surface area contributed by atoms with E-state index in [-0.39, 0.29) is 17.4 Å². The van der Waals surface area contributed by atoms with Crippen molar-refractivity contribution >= 4 is 27.1 Å². The summed E-state index contributed by atoms with van der Waals surface area (Å²) in [6, 6.07) is 7.66. The number of nitrogens with one attached hydrogen (secondary N) is 1. The molecule has 1 saturated heterocycles. The van der Waals surface area contributed by atoms with E-state index in [1.165, 1.54) is 0 Å². The third-order valence-corrected chi connectivity index (χ3v) is 5.79. The number of carbonyl (C=O) groups is 1. The van der Waals surface area contributed by atoms with Crippen LogP contribution in [0.2, 0.25) is 0 Å². The van der Waals surface area contributed by atoms with Gasteiger partial charge in [0.1, 0.15) is 0 Å². The molecule has 0 bridgehead atoms. The van der Waals surface area contributed by atoms with E-state index in [0.29, 0.717) is 12.1 Å². The maximum Gasteiger partial charge on any atom is 0.228 e. The van der Waals surface area contributed by atoms with Crippen LogP contribution in [-0.2, 0) is 14.6 Å². The van der Waals surface area contributed by atoms with Crippen molar-refractivity contribution in [2.75, 3.05) is 35.3 Å². The standard InChI is InChI=1S/C16H24N2O3S/c1-3-4-10-18(2)15-7-5-14(6-8-15)17-16(19)13-9-11-22(20,21)12-13/h5-8,13H,3-4,9-12H2,1-2H3,(H,17,19)/t13-/m1/s1. The van der Waals surface area contributed by atoms with Gasteiger partial charge in [0.2, 0.25) is 5.91 Å². The topological polar surface area (TPSA) is 66.5 Å². The summed E-state index contributed by atoms with van der Waals surface area (Å²) < 4.78 is 22.8. The molecule has 1 fully saturated rings. The number of rotatable bonds is 6. The Morgan fingerprint density at radius 2 is 2.00 bits per heavy atom. The number of hydrogen-bond donors (Lipinski definition) is 1. The van der Waals surface area contributed by atoms with Gasteiger partial charge in [-0.2, -0.15) is 0 Å². The van der Waals surface area contributed by atoms with Crippen molar-refractivity contribution in [1.29, 1.82) is 0 Å². The van der Waals surface area contributed by atoms with Gasteiger partial charge in [0.15, 0.2) is 9.84 Å². The fourth-order valence-electron chi connectivity index (χ4n) is 2.57. The molecule has 1 aromatic carbocycles. The molecular weight excluding hydrogens is 300 g/mol. The fourth-order valence-corrected chi connectivity index (χ4v) is 4.31. The van der Waals surface area contributed by atoms with E-state index >= 15 is 0 Å². The highest BCUT2D eigenvalue weighted by Gasteiger charge is 2.32. The van der Waals surface area contributed by atoms with Crippen LogP contribution in [0, 0.1) is 5.92 Å². The van der Waals surface area contributed by atoms with E-state index < -0.39 is 15.8 Å². The van der Waals surface area contributed by atoms with Crippen molar-refractivity contribution in [2.24, 2.45) is 5.92 Å². The molecule has 0 aliphatic carbocycles. The summed E-state index contributed by atoms with van der Waals surface area (Å²) in [7, 11) is -0.979. The highest BCUT2D eigenvalue weighted by Crippen LogP contribution is 2.22. The Morgan fingerprint density at radius 1 is 1.32 bits per heavy atom. The molecule has 0 radical (unpaired) electrons. The normalized spacial score (nSPS) is 19.8. The average Bonchev–Trinajstić information content (AvgIpc) is 2.86. The molecule has 5 nitrogen and oxygen atoms in total. The molecule has 0 spiro atoms. The first kappa shape index (κ1) is 16.8. The van der Waals surface area contributed by atoms with Gasteiger partial charge in [-0.05, 0) is 37.1 Å². The zero-order chi connectivity index (χ0) is 16.2. The SMILES string of the molecule is CCCCN(C)c1ccc(NC(=O)[C@@H]2CCS(=O)(=O)C2)cc1. The van der Waals surface area contributed by atoms with Crippen LogP contribution in [-0.4, -0.2) is 39.4 Å². The second-order valence-electron chi connectivity index (χ2n) is 5.91. The molecular formula is C16H24N2O3S. The number of sulfone groups is 1. The van der Waals surface area contributed by atoms with Crippen LogP contribution in [0.15, 0.2) is 24.3 Å². The van der Waals surface area contributed by atoms with Crippen LogP contribution < -0.4 is 10.2 Å². The third kappa shape index (κ3) is 4.47. The molecule has 6 heteroatoms. The molecule has 0 aromatic heterocycles. The maximum atomic E-state index is 12.1. The van der Waals surface area contributed by atoms with Crippen molar-refractivity contribution in [1.82, 2.24) is 0 Å². The minimum Gasteiger partial charge on any atom is -0.375 e. The molecule has 122 valence electrons. The molecule has 1 N–H and O–H groups in total. The molecule has 1 amide bonds. The predicted molar refractivity (Wildman–Crippen MR) is 90.0 cm³/mol. The molecule has 1 aliphatic heterocycles. The zero-order valence-electron chi connectivity index (χ0n) is 13.2. The molecule has 1 aromatic rings. The summed E-state index contributed by atoms with van der Waals surface area (Å²) in [4.78, 5) is 14.3. The van der Waals surface area contributed by atoms with Gasteiger partial charge >= 0.3 is 0 Å². The van der Waals surface area contributed by atoms with Gasteiger partial charge < -0.3 is 10.2 Å². The summed E-state index contributed by atoms with van der Waals surface area (Å²) in [5, 5.41) is 2.81. The maximum absolute atomic E-state index is 12.1. The van der Waals surface area contributed by atoms with E-state index in [9.17, 15) is 13.2 Å².